The van der Waals surface area contributed by atoms with Gasteiger partial charge in [0.2, 0.25) is 0 Å². The smallest absolute Gasteiger partial charge is 0.106 e. The highest BCUT2D eigenvalue weighted by atomic mass is 16.5. The van der Waals surface area contributed by atoms with Gasteiger partial charge in [0.15, 0.2) is 0 Å². The fourth-order valence-corrected chi connectivity index (χ4v) is 2.07. The molecule has 0 aromatic rings. The van der Waals surface area contributed by atoms with Crippen LogP contribution in [0.15, 0.2) is 0 Å². The van der Waals surface area contributed by atoms with E-state index >= 15 is 0 Å². The van der Waals surface area contributed by atoms with Crippen molar-refractivity contribution in [1.29, 1.82) is 5.26 Å². The van der Waals surface area contributed by atoms with Crippen LogP contribution in [0.1, 0.15) is 53.9 Å². The topological polar surface area (TPSA) is 73.5 Å². The highest BCUT2D eigenvalue weighted by Gasteiger charge is 2.44. The van der Waals surface area contributed by atoms with Gasteiger partial charge in [-0.05, 0) is 26.2 Å². The fraction of sp³-hybridized carbons (Fsp3) is 0.929. The Morgan fingerprint density at radius 1 is 1.28 bits per heavy atom. The van der Waals surface area contributed by atoms with E-state index in [0.717, 1.165) is 13.5 Å². The molecule has 1 unspecified atom stereocenters. The van der Waals surface area contributed by atoms with Crippen LogP contribution in [-0.4, -0.2) is 35.1 Å². The number of rotatable bonds is 1. The molecule has 1 saturated heterocycles. The molecule has 18 heavy (non-hydrogen) atoms. The summed E-state index contributed by atoms with van der Waals surface area (Å²) in [4.78, 5) is 0. The zero-order chi connectivity index (χ0) is 14.8. The molecule has 0 radical (unpaired) electrons. The Kier molecular flexibility index (Phi) is 11.3. The van der Waals surface area contributed by atoms with Crippen LogP contribution in [0.2, 0.25) is 0 Å². The Labute approximate surface area is 112 Å². The molecule has 0 bridgehead atoms. The van der Waals surface area contributed by atoms with Crippen molar-refractivity contribution in [2.45, 2.75) is 71.7 Å². The average molecular weight is 259 g/mol. The van der Waals surface area contributed by atoms with Gasteiger partial charge >= 0.3 is 0 Å². The van der Waals surface area contributed by atoms with Crippen LogP contribution in [0.5, 0.6) is 0 Å². The second kappa shape index (κ2) is 10.3. The summed E-state index contributed by atoms with van der Waals surface area (Å²) in [6, 6.07) is 2.02. The monoisotopic (exact) mass is 259 g/mol. The van der Waals surface area contributed by atoms with Crippen molar-refractivity contribution < 1.29 is 14.9 Å². The third-order valence-electron chi connectivity index (χ3n) is 3.04. The molecule has 1 rings (SSSR count). The Hall–Kier alpha value is -0.630. The Balaban J connectivity index is 0. The van der Waals surface area contributed by atoms with E-state index in [0.29, 0.717) is 0 Å². The van der Waals surface area contributed by atoms with E-state index in [-0.39, 0.29) is 24.5 Å². The minimum Gasteiger partial charge on any atom is -0.400 e. The molecule has 4 atom stereocenters. The average Bonchev–Trinajstić information content (AvgIpc) is 2.30. The molecular weight excluding hydrogens is 230 g/mol. The quantitative estimate of drug-likeness (QED) is 0.758. The maximum Gasteiger partial charge on any atom is 0.106 e. The van der Waals surface area contributed by atoms with Gasteiger partial charge in [0.05, 0.1) is 24.7 Å². The van der Waals surface area contributed by atoms with Crippen LogP contribution in [-0.2, 0) is 4.74 Å². The van der Waals surface area contributed by atoms with Gasteiger partial charge in [-0.25, -0.2) is 0 Å². The SMILES string of the molecule is CC1C[C@H](C)O[C@@H](C)[C@@]1(O)CC#N.CCC.CO. The van der Waals surface area contributed by atoms with Gasteiger partial charge in [-0.3, -0.25) is 0 Å². The molecule has 0 amide bonds. The minimum absolute atomic E-state index is 0.130. The van der Waals surface area contributed by atoms with Crippen molar-refractivity contribution in [3.63, 3.8) is 0 Å². The molecule has 0 aromatic carbocycles. The van der Waals surface area contributed by atoms with Gasteiger partial charge in [0, 0.05) is 7.11 Å². The zero-order valence-electron chi connectivity index (χ0n) is 12.6. The van der Waals surface area contributed by atoms with Crippen molar-refractivity contribution in [3.05, 3.63) is 0 Å². The number of nitrogens with zero attached hydrogens (tertiary/aromatic N) is 1. The first-order valence-electron chi connectivity index (χ1n) is 6.61. The molecule has 4 nitrogen and oxygen atoms in total. The normalized spacial score (nSPS) is 34.3. The molecule has 0 aliphatic carbocycles. The second-order valence-corrected chi connectivity index (χ2v) is 4.76. The summed E-state index contributed by atoms with van der Waals surface area (Å²) >= 11 is 0. The molecule has 1 aliphatic heterocycles. The summed E-state index contributed by atoms with van der Waals surface area (Å²) in [5.74, 6) is 0.130. The number of aliphatic hydroxyl groups is 2. The molecule has 2 N–H and O–H groups in total. The third kappa shape index (κ3) is 5.81. The number of hydrogen-bond acceptors (Lipinski definition) is 4. The molecule has 1 heterocycles. The van der Waals surface area contributed by atoms with E-state index in [9.17, 15) is 5.11 Å². The van der Waals surface area contributed by atoms with Gasteiger partial charge in [-0.2, -0.15) is 5.26 Å². The van der Waals surface area contributed by atoms with Crippen LogP contribution in [0.3, 0.4) is 0 Å². The fourth-order valence-electron chi connectivity index (χ4n) is 2.07. The lowest BCUT2D eigenvalue weighted by molar-refractivity contribution is -0.188. The van der Waals surface area contributed by atoms with E-state index in [1.165, 1.54) is 6.42 Å². The Morgan fingerprint density at radius 3 is 2.06 bits per heavy atom. The molecular formula is C14H29NO3. The number of aliphatic hydroxyl groups excluding tert-OH is 1. The van der Waals surface area contributed by atoms with E-state index in [2.05, 4.69) is 13.8 Å². The largest absolute Gasteiger partial charge is 0.400 e. The van der Waals surface area contributed by atoms with Gasteiger partial charge in [0.25, 0.3) is 0 Å². The summed E-state index contributed by atoms with van der Waals surface area (Å²) in [6.07, 6.45) is 2.17. The summed E-state index contributed by atoms with van der Waals surface area (Å²) in [6.45, 7) is 10.1. The van der Waals surface area contributed by atoms with Gasteiger partial charge in [-0.1, -0.05) is 27.2 Å². The predicted octanol–water partition coefficient (Wildman–Crippen LogP) is 2.49. The van der Waals surface area contributed by atoms with Gasteiger partial charge < -0.3 is 14.9 Å². The number of ether oxygens (including phenoxy) is 1. The lowest BCUT2D eigenvalue weighted by Crippen LogP contribution is -2.53. The standard InChI is InChI=1S/C10H17NO2.C3H8.CH4O/c1-7-6-8(2)13-9(3)10(7,12)4-5-11;1-3-2;1-2/h7-9,12H,4,6H2,1-3H3;3H2,1-2H3;2H,1H3/t7?,8-,9-,10+;;/m0../s1. The van der Waals surface area contributed by atoms with E-state index in [4.69, 9.17) is 15.1 Å². The van der Waals surface area contributed by atoms with Crippen LogP contribution < -0.4 is 0 Å². The summed E-state index contributed by atoms with van der Waals surface area (Å²) in [5, 5.41) is 25.8. The zero-order valence-corrected chi connectivity index (χ0v) is 12.6. The maximum atomic E-state index is 10.2. The van der Waals surface area contributed by atoms with Gasteiger partial charge in [-0.15, -0.1) is 0 Å². The molecule has 0 saturated carbocycles. The van der Waals surface area contributed by atoms with Crippen molar-refractivity contribution in [3.8, 4) is 6.07 Å². The van der Waals surface area contributed by atoms with Crippen molar-refractivity contribution in [2.75, 3.05) is 7.11 Å². The molecule has 1 aliphatic rings. The highest BCUT2D eigenvalue weighted by molar-refractivity contribution is 4.99. The predicted molar refractivity (Wildman–Crippen MR) is 73.1 cm³/mol. The summed E-state index contributed by atoms with van der Waals surface area (Å²) in [7, 11) is 1.00. The first kappa shape index (κ1) is 19.7. The highest BCUT2D eigenvalue weighted by Crippen LogP contribution is 2.36. The first-order valence-corrected chi connectivity index (χ1v) is 6.61. The lowest BCUT2D eigenvalue weighted by Gasteiger charge is -2.44. The molecule has 1 fully saturated rings. The first-order chi connectivity index (χ1) is 8.42. The Morgan fingerprint density at radius 2 is 1.72 bits per heavy atom. The van der Waals surface area contributed by atoms with Gasteiger partial charge in [0.1, 0.15) is 5.60 Å². The van der Waals surface area contributed by atoms with Crippen LogP contribution in [0.25, 0.3) is 0 Å². The maximum absolute atomic E-state index is 10.2. The van der Waals surface area contributed by atoms with Crippen LogP contribution in [0, 0.1) is 17.2 Å². The van der Waals surface area contributed by atoms with E-state index in [1.807, 2.05) is 26.8 Å². The summed E-state index contributed by atoms with van der Waals surface area (Å²) in [5.41, 5.74) is -0.957. The van der Waals surface area contributed by atoms with Crippen molar-refractivity contribution in [1.82, 2.24) is 0 Å². The van der Waals surface area contributed by atoms with Crippen LogP contribution >= 0.6 is 0 Å². The minimum atomic E-state index is -0.957. The molecule has 4 heteroatoms. The van der Waals surface area contributed by atoms with Crippen molar-refractivity contribution in [2.24, 2.45) is 5.92 Å². The summed E-state index contributed by atoms with van der Waals surface area (Å²) < 4.78 is 5.52. The molecule has 0 spiro atoms. The van der Waals surface area contributed by atoms with E-state index in [1.54, 1.807) is 0 Å². The number of nitriles is 1. The number of hydrogen-bond donors (Lipinski definition) is 2. The molecule has 108 valence electrons. The Bertz CT molecular complexity index is 226. The van der Waals surface area contributed by atoms with Crippen molar-refractivity contribution >= 4 is 0 Å². The lowest BCUT2D eigenvalue weighted by atomic mass is 9.77. The van der Waals surface area contributed by atoms with E-state index < -0.39 is 5.60 Å². The molecule has 0 aromatic heterocycles. The van der Waals surface area contributed by atoms with Crippen LogP contribution in [0.4, 0.5) is 0 Å². The second-order valence-electron chi connectivity index (χ2n) is 4.76. The third-order valence-corrected chi connectivity index (χ3v) is 3.04.